The number of carbonyl (C=O) groups excluding carboxylic acids is 1. The molecule has 108 valence electrons. The summed E-state index contributed by atoms with van der Waals surface area (Å²) < 4.78 is 0. The van der Waals surface area contributed by atoms with Crippen LogP contribution in [0.15, 0.2) is 0 Å². The molecule has 1 amide bonds. The summed E-state index contributed by atoms with van der Waals surface area (Å²) in [5.74, 6) is 3.83. The van der Waals surface area contributed by atoms with E-state index in [4.69, 9.17) is 0 Å². The van der Waals surface area contributed by atoms with Crippen molar-refractivity contribution in [3.8, 4) is 0 Å². The quantitative estimate of drug-likeness (QED) is 0.863. The van der Waals surface area contributed by atoms with Crippen LogP contribution in [0.4, 0.5) is 0 Å². The maximum absolute atomic E-state index is 12.8. The molecule has 0 aromatic rings. The molecular formula is C15H26N2OS. The number of nitrogens with one attached hydrogen (secondary N) is 1. The largest absolute Gasteiger partial charge is 0.322 e. The van der Waals surface area contributed by atoms with Crippen LogP contribution in [0.3, 0.4) is 0 Å². The second-order valence-corrected chi connectivity index (χ2v) is 7.79. The van der Waals surface area contributed by atoms with E-state index in [-0.39, 0.29) is 6.04 Å². The Kier molecular flexibility index (Phi) is 4.08. The molecule has 0 radical (unpaired) electrons. The topological polar surface area (TPSA) is 32.3 Å². The number of hydrogen-bond acceptors (Lipinski definition) is 3. The molecule has 4 heteroatoms. The number of nitrogens with zero attached hydrogens (tertiary/aromatic N) is 1. The number of thioether (sulfide) groups is 1. The zero-order chi connectivity index (χ0) is 13.4. The number of rotatable bonds is 3. The van der Waals surface area contributed by atoms with Crippen LogP contribution in [0, 0.1) is 11.8 Å². The van der Waals surface area contributed by atoms with Gasteiger partial charge in [0.25, 0.3) is 0 Å². The molecular weight excluding hydrogens is 256 g/mol. The fourth-order valence-electron chi connectivity index (χ4n) is 3.90. The first-order chi connectivity index (χ1) is 9.18. The van der Waals surface area contributed by atoms with Crippen LogP contribution in [-0.2, 0) is 4.79 Å². The Balaban J connectivity index is 1.80. The Morgan fingerprint density at radius 2 is 2.00 bits per heavy atom. The van der Waals surface area contributed by atoms with Gasteiger partial charge in [-0.3, -0.25) is 10.1 Å². The van der Waals surface area contributed by atoms with Gasteiger partial charge in [0, 0.05) is 11.8 Å². The second-order valence-electron chi connectivity index (χ2n) is 6.64. The van der Waals surface area contributed by atoms with Crippen molar-refractivity contribution in [1.82, 2.24) is 10.2 Å². The Bertz CT molecular complexity index is 335. The van der Waals surface area contributed by atoms with Crippen molar-refractivity contribution in [1.29, 1.82) is 0 Å². The Labute approximate surface area is 120 Å². The van der Waals surface area contributed by atoms with E-state index in [2.05, 4.69) is 24.1 Å². The molecule has 0 aromatic heterocycles. The molecule has 3 nitrogen and oxygen atoms in total. The molecule has 3 fully saturated rings. The van der Waals surface area contributed by atoms with Gasteiger partial charge in [0.05, 0.1) is 12.2 Å². The van der Waals surface area contributed by atoms with E-state index < -0.39 is 0 Å². The van der Waals surface area contributed by atoms with Crippen LogP contribution < -0.4 is 5.32 Å². The minimum absolute atomic E-state index is 0.0520. The van der Waals surface area contributed by atoms with E-state index in [1.165, 1.54) is 37.9 Å². The van der Waals surface area contributed by atoms with Crippen molar-refractivity contribution in [3.63, 3.8) is 0 Å². The highest BCUT2D eigenvalue weighted by Gasteiger charge is 2.47. The van der Waals surface area contributed by atoms with E-state index in [0.717, 1.165) is 5.75 Å². The normalized spacial score (nSPS) is 36.9. The monoisotopic (exact) mass is 282 g/mol. The maximum Gasteiger partial charge on any atom is 0.241 e. The van der Waals surface area contributed by atoms with Gasteiger partial charge in [-0.25, -0.2) is 0 Å². The Morgan fingerprint density at radius 1 is 1.26 bits per heavy atom. The predicted molar refractivity (Wildman–Crippen MR) is 80.1 cm³/mol. The van der Waals surface area contributed by atoms with Crippen molar-refractivity contribution in [2.24, 2.45) is 11.8 Å². The first-order valence-electron chi connectivity index (χ1n) is 7.84. The van der Waals surface area contributed by atoms with Gasteiger partial charge in [0.15, 0.2) is 0 Å². The van der Waals surface area contributed by atoms with Crippen molar-refractivity contribution in [2.45, 2.75) is 64.2 Å². The van der Waals surface area contributed by atoms with Crippen molar-refractivity contribution < 1.29 is 4.79 Å². The van der Waals surface area contributed by atoms with E-state index >= 15 is 0 Å². The number of amides is 1. The molecule has 3 atom stereocenters. The molecule has 0 bridgehead atoms. The van der Waals surface area contributed by atoms with Gasteiger partial charge < -0.3 is 4.90 Å². The molecule has 0 spiro atoms. The molecule has 1 N–H and O–H groups in total. The molecule has 19 heavy (non-hydrogen) atoms. The Hall–Kier alpha value is -0.220. The summed E-state index contributed by atoms with van der Waals surface area (Å²) in [6.45, 7) is 4.32. The third-order valence-corrected chi connectivity index (χ3v) is 6.13. The first-order valence-corrected chi connectivity index (χ1v) is 9.00. The number of hydrogen-bond donors (Lipinski definition) is 1. The first kappa shape index (κ1) is 13.7. The van der Waals surface area contributed by atoms with Crippen LogP contribution in [-0.4, -0.2) is 40.6 Å². The smallest absolute Gasteiger partial charge is 0.241 e. The van der Waals surface area contributed by atoms with Crippen LogP contribution in [0.5, 0.6) is 0 Å². The highest BCUT2D eigenvalue weighted by atomic mass is 32.2. The molecule has 3 aliphatic rings. The lowest BCUT2D eigenvalue weighted by Gasteiger charge is -2.33. The molecule has 2 saturated heterocycles. The summed E-state index contributed by atoms with van der Waals surface area (Å²) in [6, 6.07) is 0.538. The summed E-state index contributed by atoms with van der Waals surface area (Å²) in [5.41, 5.74) is 0. The van der Waals surface area contributed by atoms with Crippen LogP contribution in [0.2, 0.25) is 0 Å². The van der Waals surface area contributed by atoms with Crippen molar-refractivity contribution in [2.75, 3.05) is 11.5 Å². The number of carbonyl (C=O) groups is 1. The van der Waals surface area contributed by atoms with Crippen LogP contribution >= 0.6 is 11.8 Å². The zero-order valence-electron chi connectivity index (χ0n) is 12.1. The molecule has 2 heterocycles. The standard InChI is InChI=1S/C15H26N2OS/c1-10(2)13-15(18)17(12-7-8-19-9-12)14(16-13)11-5-3-4-6-11/h10-14,16H,3-9H2,1-2H3. The Morgan fingerprint density at radius 3 is 2.58 bits per heavy atom. The van der Waals surface area contributed by atoms with E-state index in [9.17, 15) is 4.79 Å². The molecule has 2 aliphatic heterocycles. The maximum atomic E-state index is 12.8. The van der Waals surface area contributed by atoms with Crippen molar-refractivity contribution >= 4 is 17.7 Å². The lowest BCUT2D eigenvalue weighted by molar-refractivity contribution is -0.133. The van der Waals surface area contributed by atoms with Gasteiger partial charge in [-0.15, -0.1) is 0 Å². The van der Waals surface area contributed by atoms with Gasteiger partial charge in [-0.1, -0.05) is 26.7 Å². The minimum atomic E-state index is 0.0520. The van der Waals surface area contributed by atoms with E-state index in [1.54, 1.807) is 0 Å². The summed E-state index contributed by atoms with van der Waals surface area (Å²) in [4.78, 5) is 15.0. The summed E-state index contributed by atoms with van der Waals surface area (Å²) in [6.07, 6.45) is 6.79. The van der Waals surface area contributed by atoms with Gasteiger partial charge in [0.1, 0.15) is 0 Å². The van der Waals surface area contributed by atoms with Gasteiger partial charge in [0.2, 0.25) is 5.91 Å². The SMILES string of the molecule is CC(C)C1NC(C2CCCC2)N(C2CCSC2)C1=O. The third kappa shape index (κ3) is 2.54. The second kappa shape index (κ2) is 5.65. The lowest BCUT2D eigenvalue weighted by Crippen LogP contribution is -2.48. The lowest BCUT2D eigenvalue weighted by atomic mass is 10.0. The molecule has 0 aromatic carbocycles. The summed E-state index contributed by atoms with van der Waals surface area (Å²) in [7, 11) is 0. The average molecular weight is 282 g/mol. The summed E-state index contributed by atoms with van der Waals surface area (Å²) in [5, 5.41) is 3.68. The van der Waals surface area contributed by atoms with Gasteiger partial charge in [-0.05, 0) is 36.9 Å². The van der Waals surface area contributed by atoms with Crippen LogP contribution in [0.1, 0.15) is 46.0 Å². The molecule has 1 aliphatic carbocycles. The van der Waals surface area contributed by atoms with Crippen molar-refractivity contribution in [3.05, 3.63) is 0 Å². The molecule has 1 saturated carbocycles. The fourth-order valence-corrected chi connectivity index (χ4v) is 5.10. The summed E-state index contributed by atoms with van der Waals surface area (Å²) >= 11 is 2.00. The van der Waals surface area contributed by atoms with Gasteiger partial charge >= 0.3 is 0 Å². The minimum Gasteiger partial charge on any atom is -0.322 e. The zero-order valence-corrected chi connectivity index (χ0v) is 12.9. The third-order valence-electron chi connectivity index (χ3n) is 4.98. The highest BCUT2D eigenvalue weighted by molar-refractivity contribution is 7.99. The van der Waals surface area contributed by atoms with Gasteiger partial charge in [-0.2, -0.15) is 11.8 Å². The molecule has 3 rings (SSSR count). The highest BCUT2D eigenvalue weighted by Crippen LogP contribution is 2.36. The van der Waals surface area contributed by atoms with E-state index in [0.29, 0.717) is 30.0 Å². The fraction of sp³-hybridized carbons (Fsp3) is 0.933. The molecule has 3 unspecified atom stereocenters. The van der Waals surface area contributed by atoms with Crippen LogP contribution in [0.25, 0.3) is 0 Å². The van der Waals surface area contributed by atoms with E-state index in [1.807, 2.05) is 11.8 Å². The predicted octanol–water partition coefficient (Wildman–Crippen LogP) is 2.46. The average Bonchev–Trinajstić information content (AvgIpc) is 3.07.